The molecule has 3 nitrogen and oxygen atoms in total. The molecule has 1 saturated carbocycles. The second-order valence-corrected chi connectivity index (χ2v) is 5.51. The van der Waals surface area contributed by atoms with E-state index in [0.29, 0.717) is 11.8 Å². The molecule has 0 unspecified atom stereocenters. The first-order chi connectivity index (χ1) is 8.21. The molecule has 0 amide bonds. The maximum Gasteiger partial charge on any atom is 0.0628 e. The summed E-state index contributed by atoms with van der Waals surface area (Å²) in [6, 6.07) is 8.52. The summed E-state index contributed by atoms with van der Waals surface area (Å²) < 4.78 is 0. The lowest BCUT2D eigenvalue weighted by Gasteiger charge is -2.20. The molecule has 1 fully saturated rings. The lowest BCUT2D eigenvalue weighted by Crippen LogP contribution is -2.25. The standard InChI is InChI=1S/C14H17N3/c15-6-5-14(3-4-14)10-17-8-11-1-2-13(16)7-12(11)9-17/h1-2,7H,3-5,8-10,16H2. The maximum atomic E-state index is 8.84. The third-order valence-corrected chi connectivity index (χ3v) is 3.99. The molecule has 3 rings (SSSR count). The van der Waals surface area contributed by atoms with Crippen LogP contribution < -0.4 is 5.73 Å². The first-order valence-corrected chi connectivity index (χ1v) is 6.17. The van der Waals surface area contributed by atoms with Gasteiger partial charge in [-0.1, -0.05) is 6.07 Å². The average Bonchev–Trinajstić information content (AvgIpc) is 2.90. The number of fused-ring (bicyclic) bond motifs is 1. The second-order valence-electron chi connectivity index (χ2n) is 5.51. The predicted molar refractivity (Wildman–Crippen MR) is 66.9 cm³/mol. The monoisotopic (exact) mass is 227 g/mol. The zero-order chi connectivity index (χ0) is 11.9. The van der Waals surface area contributed by atoms with E-state index in [1.807, 2.05) is 6.07 Å². The molecule has 0 radical (unpaired) electrons. The van der Waals surface area contributed by atoms with Crippen LogP contribution in [-0.2, 0) is 13.1 Å². The third kappa shape index (κ3) is 2.01. The molecular weight excluding hydrogens is 210 g/mol. The van der Waals surface area contributed by atoms with Crippen molar-refractivity contribution >= 4 is 5.69 Å². The summed E-state index contributed by atoms with van der Waals surface area (Å²) in [6.07, 6.45) is 3.15. The Bertz CT molecular complexity index is 483. The maximum absolute atomic E-state index is 8.84. The highest BCUT2D eigenvalue weighted by Gasteiger charge is 2.44. The topological polar surface area (TPSA) is 53.0 Å². The minimum absolute atomic E-state index is 0.308. The van der Waals surface area contributed by atoms with Gasteiger partial charge in [-0.05, 0) is 41.5 Å². The van der Waals surface area contributed by atoms with Crippen molar-refractivity contribution in [2.45, 2.75) is 32.4 Å². The molecule has 1 aliphatic carbocycles. The van der Waals surface area contributed by atoms with Gasteiger partial charge in [-0.25, -0.2) is 0 Å². The molecule has 1 aliphatic heterocycles. The zero-order valence-electron chi connectivity index (χ0n) is 9.95. The Morgan fingerprint density at radius 1 is 1.29 bits per heavy atom. The largest absolute Gasteiger partial charge is 0.399 e. The summed E-state index contributed by atoms with van der Waals surface area (Å²) in [5.41, 5.74) is 9.71. The van der Waals surface area contributed by atoms with Crippen molar-refractivity contribution in [3.63, 3.8) is 0 Å². The Kier molecular flexibility index (Phi) is 2.34. The van der Waals surface area contributed by atoms with Crippen molar-refractivity contribution in [1.82, 2.24) is 4.90 Å². The van der Waals surface area contributed by atoms with Crippen LogP contribution in [0.15, 0.2) is 18.2 Å². The summed E-state index contributed by atoms with van der Waals surface area (Å²) in [5, 5.41) is 8.84. The molecule has 0 bridgehead atoms. The van der Waals surface area contributed by atoms with Gasteiger partial charge in [0, 0.05) is 31.7 Å². The number of nitrogen functional groups attached to an aromatic ring is 1. The van der Waals surface area contributed by atoms with Crippen LogP contribution in [0.3, 0.4) is 0 Å². The van der Waals surface area contributed by atoms with E-state index >= 15 is 0 Å². The van der Waals surface area contributed by atoms with Crippen LogP contribution in [0.4, 0.5) is 5.69 Å². The van der Waals surface area contributed by atoms with Gasteiger partial charge in [0.15, 0.2) is 0 Å². The number of hydrogen-bond donors (Lipinski definition) is 1. The number of nitriles is 1. The summed E-state index contributed by atoms with van der Waals surface area (Å²) in [7, 11) is 0. The Hall–Kier alpha value is -1.53. The molecule has 2 aliphatic rings. The van der Waals surface area contributed by atoms with Crippen molar-refractivity contribution < 1.29 is 0 Å². The van der Waals surface area contributed by atoms with E-state index in [9.17, 15) is 0 Å². The Labute approximate surface area is 102 Å². The fraction of sp³-hybridized carbons (Fsp3) is 0.500. The van der Waals surface area contributed by atoms with Gasteiger partial charge in [-0.15, -0.1) is 0 Å². The summed E-state index contributed by atoms with van der Waals surface area (Å²) in [6.45, 7) is 3.07. The number of hydrogen-bond acceptors (Lipinski definition) is 3. The fourth-order valence-electron chi connectivity index (χ4n) is 2.81. The highest BCUT2D eigenvalue weighted by Crippen LogP contribution is 2.49. The molecule has 88 valence electrons. The number of rotatable bonds is 3. The van der Waals surface area contributed by atoms with Gasteiger partial charge in [0.25, 0.3) is 0 Å². The molecule has 2 N–H and O–H groups in total. The lowest BCUT2D eigenvalue weighted by atomic mass is 10.0. The lowest BCUT2D eigenvalue weighted by molar-refractivity contribution is 0.225. The van der Waals surface area contributed by atoms with Gasteiger partial charge in [0.05, 0.1) is 6.07 Å². The molecule has 3 heteroatoms. The Balaban J connectivity index is 1.69. The van der Waals surface area contributed by atoms with E-state index in [0.717, 1.165) is 25.3 Å². The molecular formula is C14H17N3. The quantitative estimate of drug-likeness (QED) is 0.806. The smallest absolute Gasteiger partial charge is 0.0628 e. The Morgan fingerprint density at radius 3 is 2.76 bits per heavy atom. The third-order valence-electron chi connectivity index (χ3n) is 3.99. The number of benzene rings is 1. The summed E-state index contributed by atoms with van der Waals surface area (Å²) in [4.78, 5) is 2.45. The molecule has 17 heavy (non-hydrogen) atoms. The van der Waals surface area contributed by atoms with Gasteiger partial charge >= 0.3 is 0 Å². The van der Waals surface area contributed by atoms with E-state index in [-0.39, 0.29) is 0 Å². The van der Waals surface area contributed by atoms with Crippen LogP contribution >= 0.6 is 0 Å². The summed E-state index contributed by atoms with van der Waals surface area (Å²) >= 11 is 0. The first-order valence-electron chi connectivity index (χ1n) is 6.17. The van der Waals surface area contributed by atoms with E-state index in [2.05, 4.69) is 23.1 Å². The van der Waals surface area contributed by atoms with Gasteiger partial charge in [-0.2, -0.15) is 5.26 Å². The SMILES string of the molecule is N#CCC1(CN2Cc3ccc(N)cc3C2)CC1. The average molecular weight is 227 g/mol. The molecule has 0 spiro atoms. The normalized spacial score (nSPS) is 20.9. The zero-order valence-corrected chi connectivity index (χ0v) is 9.95. The van der Waals surface area contributed by atoms with E-state index in [1.165, 1.54) is 24.0 Å². The molecule has 0 saturated heterocycles. The molecule has 1 aromatic rings. The van der Waals surface area contributed by atoms with Crippen molar-refractivity contribution in [2.24, 2.45) is 5.41 Å². The Morgan fingerprint density at radius 2 is 2.06 bits per heavy atom. The van der Waals surface area contributed by atoms with Crippen molar-refractivity contribution in [1.29, 1.82) is 5.26 Å². The molecule has 0 aromatic heterocycles. The predicted octanol–water partition coefficient (Wildman–Crippen LogP) is 2.28. The first kappa shape index (κ1) is 10.6. The van der Waals surface area contributed by atoms with E-state index in [4.69, 9.17) is 11.0 Å². The van der Waals surface area contributed by atoms with Crippen LogP contribution in [0.2, 0.25) is 0 Å². The summed E-state index contributed by atoms with van der Waals surface area (Å²) in [5.74, 6) is 0. The van der Waals surface area contributed by atoms with Gasteiger partial charge in [0.1, 0.15) is 0 Å². The van der Waals surface area contributed by atoms with Crippen molar-refractivity contribution in [2.75, 3.05) is 12.3 Å². The van der Waals surface area contributed by atoms with E-state index < -0.39 is 0 Å². The van der Waals surface area contributed by atoms with Crippen LogP contribution in [0.1, 0.15) is 30.4 Å². The minimum atomic E-state index is 0.308. The molecule has 1 aromatic carbocycles. The van der Waals surface area contributed by atoms with Crippen LogP contribution in [0.25, 0.3) is 0 Å². The molecule has 0 atom stereocenters. The van der Waals surface area contributed by atoms with Crippen LogP contribution in [0, 0.1) is 16.7 Å². The van der Waals surface area contributed by atoms with Gasteiger partial charge in [-0.3, -0.25) is 4.90 Å². The molecule has 1 heterocycles. The highest BCUT2D eigenvalue weighted by molar-refractivity contribution is 5.46. The van der Waals surface area contributed by atoms with Crippen molar-refractivity contribution in [3.05, 3.63) is 29.3 Å². The van der Waals surface area contributed by atoms with Crippen LogP contribution in [0.5, 0.6) is 0 Å². The van der Waals surface area contributed by atoms with Gasteiger partial charge in [0.2, 0.25) is 0 Å². The second kappa shape index (κ2) is 3.75. The van der Waals surface area contributed by atoms with Crippen LogP contribution in [-0.4, -0.2) is 11.4 Å². The number of nitrogens with two attached hydrogens (primary N) is 1. The number of anilines is 1. The highest BCUT2D eigenvalue weighted by atomic mass is 15.2. The minimum Gasteiger partial charge on any atom is -0.399 e. The number of nitrogens with zero attached hydrogens (tertiary/aromatic N) is 2. The van der Waals surface area contributed by atoms with E-state index in [1.54, 1.807) is 0 Å². The van der Waals surface area contributed by atoms with Crippen molar-refractivity contribution in [3.8, 4) is 6.07 Å². The fourth-order valence-corrected chi connectivity index (χ4v) is 2.81. The van der Waals surface area contributed by atoms with Gasteiger partial charge < -0.3 is 5.73 Å².